The van der Waals surface area contributed by atoms with Crippen LogP contribution in [0.25, 0.3) is 0 Å². The van der Waals surface area contributed by atoms with E-state index in [0.29, 0.717) is 22.7 Å². The molecule has 3 heteroatoms. The summed E-state index contributed by atoms with van der Waals surface area (Å²) in [6, 6.07) is 0. The zero-order valence-electron chi connectivity index (χ0n) is 19.2. The standard InChI is InChI=1S/C26H40NO2/c1-17-18-8-12-25(21(17)29-22(28)23(2,3)4)13-9-19-24(5)10-7-11-26(19,20(25)14-18)16-27(6)15-24/h16,18-21H,1,7-15H2,2-6H3/q+1/t18-,19-,20+,21-,24+,25-,26+/m1/s1. The Hall–Kier alpha value is -1.12. The minimum absolute atomic E-state index is 0.0535. The van der Waals surface area contributed by atoms with Gasteiger partial charge in [0.25, 0.3) is 0 Å². The van der Waals surface area contributed by atoms with E-state index in [-0.39, 0.29) is 17.5 Å². The Balaban J connectivity index is 1.59. The van der Waals surface area contributed by atoms with Crippen molar-refractivity contribution in [1.29, 1.82) is 0 Å². The number of rotatable bonds is 1. The first-order chi connectivity index (χ1) is 13.5. The van der Waals surface area contributed by atoms with Gasteiger partial charge < -0.3 is 4.74 Å². The van der Waals surface area contributed by atoms with Crippen LogP contribution in [0, 0.1) is 39.4 Å². The van der Waals surface area contributed by atoms with Gasteiger partial charge >= 0.3 is 5.97 Å². The normalized spacial score (nSPS) is 48.4. The minimum Gasteiger partial charge on any atom is -0.457 e. The number of carbonyl (C=O) groups excluding carboxylic acids is 1. The van der Waals surface area contributed by atoms with Gasteiger partial charge in [0.05, 0.1) is 10.8 Å². The topological polar surface area (TPSA) is 29.3 Å². The minimum atomic E-state index is -0.459. The number of ether oxygens (including phenoxy) is 1. The molecule has 29 heavy (non-hydrogen) atoms. The van der Waals surface area contributed by atoms with E-state index in [4.69, 9.17) is 4.74 Å². The molecule has 160 valence electrons. The Labute approximate surface area is 177 Å². The second kappa shape index (κ2) is 5.98. The number of hydrogen-bond donors (Lipinski definition) is 0. The molecule has 5 aliphatic carbocycles. The van der Waals surface area contributed by atoms with Gasteiger partial charge in [0.1, 0.15) is 25.9 Å². The van der Waals surface area contributed by atoms with Gasteiger partial charge in [-0.1, -0.05) is 19.9 Å². The molecule has 0 unspecified atom stereocenters. The highest BCUT2D eigenvalue weighted by Gasteiger charge is 2.71. The molecule has 6 aliphatic rings. The lowest BCUT2D eigenvalue weighted by Gasteiger charge is -2.69. The summed E-state index contributed by atoms with van der Waals surface area (Å²) < 4.78 is 8.88. The summed E-state index contributed by atoms with van der Waals surface area (Å²) >= 11 is 0. The summed E-state index contributed by atoms with van der Waals surface area (Å²) in [5.74, 6) is 1.91. The van der Waals surface area contributed by atoms with E-state index in [1.165, 1.54) is 63.5 Å². The third-order valence-electron chi connectivity index (χ3n) is 9.86. The average Bonchev–Trinajstić information content (AvgIpc) is 2.62. The maximum absolute atomic E-state index is 12.9. The van der Waals surface area contributed by atoms with Crippen LogP contribution in [0.15, 0.2) is 12.2 Å². The first-order valence-electron chi connectivity index (χ1n) is 12.0. The van der Waals surface area contributed by atoms with E-state index in [0.717, 1.165) is 5.92 Å². The van der Waals surface area contributed by atoms with Crippen LogP contribution in [0.5, 0.6) is 0 Å². The number of nitrogens with zero attached hydrogens (tertiary/aromatic N) is 1. The van der Waals surface area contributed by atoms with Gasteiger partial charge in [-0.05, 0) is 89.0 Å². The van der Waals surface area contributed by atoms with Gasteiger partial charge in [-0.25, -0.2) is 4.58 Å². The predicted octanol–water partition coefficient (Wildman–Crippen LogP) is 5.23. The third kappa shape index (κ3) is 2.54. The molecule has 0 N–H and O–H groups in total. The quantitative estimate of drug-likeness (QED) is 0.344. The smallest absolute Gasteiger partial charge is 0.311 e. The number of hydrogen-bond acceptors (Lipinski definition) is 2. The van der Waals surface area contributed by atoms with Crippen molar-refractivity contribution in [2.24, 2.45) is 39.4 Å². The second-order valence-corrected chi connectivity index (χ2v) is 12.6. The number of carbonyl (C=O) groups is 1. The lowest BCUT2D eigenvalue weighted by atomic mass is 9.35. The molecule has 7 atom stereocenters. The van der Waals surface area contributed by atoms with E-state index in [2.05, 4.69) is 31.3 Å². The maximum Gasteiger partial charge on any atom is 0.311 e. The van der Waals surface area contributed by atoms with Crippen molar-refractivity contribution in [2.45, 2.75) is 85.2 Å². The number of fused-ring (bicyclic) bond motifs is 2. The SMILES string of the molecule is C=C1[C@@H]2CC[C@]3(CC[C@@H]4[C@@]5(C)CCC[C@@]4(C=[N+](C)C5)[C@H]3C2)[C@@H]1OC(=O)C(C)(C)C. The molecule has 0 aromatic carbocycles. The van der Waals surface area contributed by atoms with Gasteiger partial charge in [-0.3, -0.25) is 4.79 Å². The highest BCUT2D eigenvalue weighted by atomic mass is 16.5. The molecule has 1 heterocycles. The van der Waals surface area contributed by atoms with Gasteiger partial charge in [-0.2, -0.15) is 0 Å². The van der Waals surface area contributed by atoms with Crippen molar-refractivity contribution < 1.29 is 14.1 Å². The van der Waals surface area contributed by atoms with Crippen LogP contribution < -0.4 is 0 Å². The summed E-state index contributed by atoms with van der Waals surface area (Å²) in [5, 5.41) is 0. The number of esters is 1. The van der Waals surface area contributed by atoms with Crippen molar-refractivity contribution in [3.8, 4) is 0 Å². The molecule has 6 rings (SSSR count). The monoisotopic (exact) mass is 398 g/mol. The first kappa shape index (κ1) is 19.8. The van der Waals surface area contributed by atoms with Crippen molar-refractivity contribution in [3.05, 3.63) is 12.2 Å². The zero-order valence-corrected chi connectivity index (χ0v) is 19.2. The van der Waals surface area contributed by atoms with Crippen LogP contribution in [0.2, 0.25) is 0 Å². The van der Waals surface area contributed by atoms with Crippen molar-refractivity contribution in [2.75, 3.05) is 13.6 Å². The summed E-state index contributed by atoms with van der Waals surface area (Å²) in [4.78, 5) is 12.9. The molecule has 0 radical (unpaired) electrons. The molecule has 1 aliphatic heterocycles. The zero-order chi connectivity index (χ0) is 20.8. The van der Waals surface area contributed by atoms with Crippen LogP contribution in [-0.2, 0) is 9.53 Å². The summed E-state index contributed by atoms with van der Waals surface area (Å²) in [7, 11) is 2.29. The molecule has 0 saturated heterocycles. The lowest BCUT2D eigenvalue weighted by Crippen LogP contribution is -2.68. The molecule has 3 nitrogen and oxygen atoms in total. The molecular formula is C26H40NO2+. The van der Waals surface area contributed by atoms with Crippen LogP contribution in [0.1, 0.15) is 79.1 Å². The molecule has 5 fully saturated rings. The van der Waals surface area contributed by atoms with Crippen LogP contribution in [0.4, 0.5) is 0 Å². The summed E-state index contributed by atoms with van der Waals surface area (Å²) in [5.41, 5.74) is 1.61. The molecule has 5 saturated carbocycles. The van der Waals surface area contributed by atoms with Gasteiger partial charge in [-0.15, -0.1) is 0 Å². The Kier molecular flexibility index (Phi) is 4.09. The van der Waals surface area contributed by atoms with Gasteiger partial charge in [0.15, 0.2) is 0 Å². The van der Waals surface area contributed by atoms with E-state index < -0.39 is 5.41 Å². The highest BCUT2D eigenvalue weighted by Crippen LogP contribution is 2.72. The maximum atomic E-state index is 12.9. The van der Waals surface area contributed by atoms with Gasteiger partial charge in [0.2, 0.25) is 0 Å². The molecule has 0 aromatic rings. The fourth-order valence-electron chi connectivity index (χ4n) is 8.85. The largest absolute Gasteiger partial charge is 0.457 e. The van der Waals surface area contributed by atoms with Crippen molar-refractivity contribution >= 4 is 12.2 Å². The van der Waals surface area contributed by atoms with E-state index in [9.17, 15) is 4.79 Å². The van der Waals surface area contributed by atoms with Crippen molar-refractivity contribution in [3.63, 3.8) is 0 Å². The van der Waals surface area contributed by atoms with E-state index >= 15 is 0 Å². The van der Waals surface area contributed by atoms with E-state index in [1.807, 2.05) is 20.8 Å². The van der Waals surface area contributed by atoms with Crippen molar-refractivity contribution in [1.82, 2.24) is 0 Å². The van der Waals surface area contributed by atoms with Crippen LogP contribution in [-0.4, -0.2) is 36.5 Å². The molecule has 0 amide bonds. The summed E-state index contributed by atoms with van der Waals surface area (Å²) in [6.07, 6.45) is 12.8. The fraction of sp³-hybridized carbons (Fsp3) is 0.846. The lowest BCUT2D eigenvalue weighted by molar-refractivity contribution is -0.531. The summed E-state index contributed by atoms with van der Waals surface area (Å²) in [6.45, 7) is 14.2. The Bertz CT molecular complexity index is 791. The van der Waals surface area contributed by atoms with E-state index in [1.54, 1.807) is 0 Å². The first-order valence-corrected chi connectivity index (χ1v) is 12.0. The average molecular weight is 399 g/mol. The molecule has 0 aromatic heterocycles. The van der Waals surface area contributed by atoms with Gasteiger partial charge in [0, 0.05) is 10.8 Å². The Morgan fingerprint density at radius 1 is 1.17 bits per heavy atom. The van der Waals surface area contributed by atoms with Crippen LogP contribution >= 0.6 is 0 Å². The third-order valence-corrected chi connectivity index (χ3v) is 9.86. The Morgan fingerprint density at radius 2 is 1.90 bits per heavy atom. The molecule has 1 spiro atoms. The predicted molar refractivity (Wildman–Crippen MR) is 116 cm³/mol. The second-order valence-electron chi connectivity index (χ2n) is 12.6. The fourth-order valence-corrected chi connectivity index (χ4v) is 8.85. The Morgan fingerprint density at radius 3 is 2.62 bits per heavy atom. The highest BCUT2D eigenvalue weighted by molar-refractivity contribution is 5.76. The molecule has 4 bridgehead atoms. The van der Waals surface area contributed by atoms with Crippen LogP contribution in [0.3, 0.4) is 0 Å². The molecular weight excluding hydrogens is 358 g/mol.